The van der Waals surface area contributed by atoms with Crippen molar-refractivity contribution in [2.24, 2.45) is 5.92 Å². The summed E-state index contributed by atoms with van der Waals surface area (Å²) < 4.78 is 18.7. The van der Waals surface area contributed by atoms with Crippen molar-refractivity contribution in [1.29, 1.82) is 0 Å². The number of carbonyl (C=O) groups is 3. The summed E-state index contributed by atoms with van der Waals surface area (Å²) in [5, 5.41) is 0.0768. The second-order valence-electron chi connectivity index (χ2n) is 9.01. The zero-order valence-electron chi connectivity index (χ0n) is 18.2. The van der Waals surface area contributed by atoms with Gasteiger partial charge in [0.05, 0.1) is 16.5 Å². The van der Waals surface area contributed by atoms with Gasteiger partial charge < -0.3 is 19.4 Å². The molecule has 0 radical (unpaired) electrons. The molecule has 2 aliphatic rings. The summed E-state index contributed by atoms with van der Waals surface area (Å²) in [5.74, 6) is -1.04. The number of hydrogen-bond donors (Lipinski definition) is 0. The minimum Gasteiger partial charge on any atom is -0.444 e. The second kappa shape index (κ2) is 9.42. The molecule has 2 saturated heterocycles. The van der Waals surface area contributed by atoms with Crippen LogP contribution < -0.4 is 0 Å². The highest BCUT2D eigenvalue weighted by Gasteiger charge is 2.35. The number of piperazine rings is 1. The number of halogens is 2. The fourth-order valence-corrected chi connectivity index (χ4v) is 4.14. The monoisotopic (exact) mass is 453 g/mol. The lowest BCUT2D eigenvalue weighted by Gasteiger charge is -2.39. The molecule has 0 N–H and O–H groups in total. The Labute approximate surface area is 187 Å². The van der Waals surface area contributed by atoms with E-state index in [4.69, 9.17) is 16.3 Å². The van der Waals surface area contributed by atoms with Gasteiger partial charge in [-0.1, -0.05) is 11.6 Å². The summed E-state index contributed by atoms with van der Waals surface area (Å²) in [6.07, 6.45) is 1.08. The highest BCUT2D eigenvalue weighted by molar-refractivity contribution is 6.33. The first kappa shape index (κ1) is 23.3. The molecular weight excluding hydrogens is 425 g/mol. The van der Waals surface area contributed by atoms with Gasteiger partial charge in [0.15, 0.2) is 0 Å². The van der Waals surface area contributed by atoms with E-state index in [1.54, 1.807) is 14.7 Å². The normalized spacial score (nSPS) is 19.9. The molecule has 1 aromatic rings. The quantitative estimate of drug-likeness (QED) is 0.688. The maximum absolute atomic E-state index is 13.2. The molecule has 3 amide bonds. The average Bonchev–Trinajstić information content (AvgIpc) is 2.72. The van der Waals surface area contributed by atoms with Crippen LogP contribution in [0.2, 0.25) is 5.02 Å². The Morgan fingerprint density at radius 2 is 1.68 bits per heavy atom. The van der Waals surface area contributed by atoms with Crippen molar-refractivity contribution < 1.29 is 23.5 Å². The fourth-order valence-electron chi connectivity index (χ4n) is 3.89. The number of hydrogen-bond acceptors (Lipinski definition) is 4. The molecule has 170 valence electrons. The average molecular weight is 454 g/mol. The van der Waals surface area contributed by atoms with Gasteiger partial charge in [0.25, 0.3) is 5.91 Å². The van der Waals surface area contributed by atoms with E-state index in [2.05, 4.69) is 0 Å². The number of carbonyl (C=O) groups excluding carboxylic acids is 3. The third-order valence-electron chi connectivity index (χ3n) is 5.46. The SMILES string of the molecule is CC(C)(C)OC(=O)N1CCCC(C(=O)N2CCN(C(=O)c3ccc(F)cc3Cl)CC2)C1. The maximum atomic E-state index is 13.2. The predicted molar refractivity (Wildman–Crippen MR) is 114 cm³/mol. The smallest absolute Gasteiger partial charge is 0.410 e. The highest BCUT2D eigenvalue weighted by Crippen LogP contribution is 2.23. The van der Waals surface area contributed by atoms with Crippen molar-refractivity contribution in [3.8, 4) is 0 Å². The second-order valence-corrected chi connectivity index (χ2v) is 9.41. The Morgan fingerprint density at radius 1 is 1.03 bits per heavy atom. The summed E-state index contributed by atoms with van der Waals surface area (Å²) in [4.78, 5) is 43.1. The number of likely N-dealkylation sites (tertiary alicyclic amines) is 1. The summed E-state index contributed by atoms with van der Waals surface area (Å²) in [5.41, 5.74) is -0.326. The van der Waals surface area contributed by atoms with Crippen LogP contribution >= 0.6 is 11.6 Å². The van der Waals surface area contributed by atoms with Gasteiger partial charge in [0.2, 0.25) is 5.91 Å². The molecule has 1 aromatic carbocycles. The predicted octanol–water partition coefficient (Wildman–Crippen LogP) is 3.41. The first-order valence-corrected chi connectivity index (χ1v) is 10.9. The molecule has 7 nitrogen and oxygen atoms in total. The van der Waals surface area contributed by atoms with Gasteiger partial charge >= 0.3 is 6.09 Å². The van der Waals surface area contributed by atoms with Crippen LogP contribution in [0.5, 0.6) is 0 Å². The van der Waals surface area contributed by atoms with Gasteiger partial charge in [-0.25, -0.2) is 9.18 Å². The van der Waals surface area contributed by atoms with E-state index >= 15 is 0 Å². The lowest BCUT2D eigenvalue weighted by atomic mass is 9.96. The van der Waals surface area contributed by atoms with Crippen LogP contribution in [-0.2, 0) is 9.53 Å². The van der Waals surface area contributed by atoms with Crippen LogP contribution in [0.3, 0.4) is 0 Å². The molecule has 0 aliphatic carbocycles. The first-order valence-electron chi connectivity index (χ1n) is 10.6. The summed E-state index contributed by atoms with van der Waals surface area (Å²) in [6.45, 7) is 7.95. The van der Waals surface area contributed by atoms with Gasteiger partial charge in [-0.05, 0) is 51.8 Å². The van der Waals surface area contributed by atoms with E-state index in [9.17, 15) is 18.8 Å². The van der Waals surface area contributed by atoms with Crippen LogP contribution in [-0.4, -0.2) is 77.5 Å². The molecule has 0 bridgehead atoms. The minimum atomic E-state index is -0.579. The number of nitrogens with zero attached hydrogens (tertiary/aromatic N) is 3. The molecule has 31 heavy (non-hydrogen) atoms. The molecule has 0 spiro atoms. The molecule has 9 heteroatoms. The van der Waals surface area contributed by atoms with Gasteiger partial charge in [0.1, 0.15) is 11.4 Å². The van der Waals surface area contributed by atoms with E-state index in [1.807, 2.05) is 20.8 Å². The summed E-state index contributed by atoms with van der Waals surface area (Å²) in [6, 6.07) is 3.71. The summed E-state index contributed by atoms with van der Waals surface area (Å²) >= 11 is 6.01. The fraction of sp³-hybridized carbons (Fsp3) is 0.591. The van der Waals surface area contributed by atoms with Crippen molar-refractivity contribution in [3.63, 3.8) is 0 Å². The molecular formula is C22H29ClFN3O4. The van der Waals surface area contributed by atoms with Crippen LogP contribution in [0.4, 0.5) is 9.18 Å². The number of piperidine rings is 1. The number of benzene rings is 1. The van der Waals surface area contributed by atoms with E-state index in [-0.39, 0.29) is 28.3 Å². The van der Waals surface area contributed by atoms with Crippen molar-refractivity contribution >= 4 is 29.5 Å². The van der Waals surface area contributed by atoms with E-state index < -0.39 is 17.5 Å². The first-order chi connectivity index (χ1) is 14.5. The lowest BCUT2D eigenvalue weighted by Crippen LogP contribution is -2.54. The van der Waals surface area contributed by atoms with Gasteiger partial charge in [-0.15, -0.1) is 0 Å². The van der Waals surface area contributed by atoms with Crippen molar-refractivity contribution in [3.05, 3.63) is 34.6 Å². The molecule has 1 atom stereocenters. The molecule has 1 unspecified atom stereocenters. The van der Waals surface area contributed by atoms with Gasteiger partial charge in [-0.3, -0.25) is 9.59 Å². The minimum absolute atomic E-state index is 0.000159. The van der Waals surface area contributed by atoms with E-state index in [1.165, 1.54) is 12.1 Å². The van der Waals surface area contributed by atoms with Crippen LogP contribution in [0.1, 0.15) is 44.0 Å². The Bertz CT molecular complexity index is 850. The number of ether oxygens (including phenoxy) is 1. The summed E-state index contributed by atoms with van der Waals surface area (Å²) in [7, 11) is 0. The van der Waals surface area contributed by atoms with Gasteiger partial charge in [-0.2, -0.15) is 0 Å². The van der Waals surface area contributed by atoms with Crippen LogP contribution in [0.25, 0.3) is 0 Å². The Morgan fingerprint density at radius 3 is 2.29 bits per heavy atom. The van der Waals surface area contributed by atoms with Gasteiger partial charge in [0, 0.05) is 39.3 Å². The molecule has 2 fully saturated rings. The molecule has 0 saturated carbocycles. The molecule has 3 rings (SSSR count). The number of amides is 3. The van der Waals surface area contributed by atoms with Crippen LogP contribution in [0, 0.1) is 11.7 Å². The Kier molecular flexibility index (Phi) is 7.09. The number of rotatable bonds is 2. The third kappa shape index (κ3) is 5.87. The standard InChI is InChI=1S/C22H29ClFN3O4/c1-22(2,3)31-21(30)27-8-4-5-15(14-27)19(28)25-9-11-26(12-10-25)20(29)17-7-6-16(24)13-18(17)23/h6-7,13,15H,4-5,8-12,14H2,1-3H3. The maximum Gasteiger partial charge on any atom is 0.410 e. The van der Waals surface area contributed by atoms with Crippen molar-refractivity contribution in [2.45, 2.75) is 39.2 Å². The van der Waals surface area contributed by atoms with E-state index in [0.29, 0.717) is 39.3 Å². The molecule has 2 heterocycles. The Balaban J connectivity index is 1.55. The third-order valence-corrected chi connectivity index (χ3v) is 5.78. The molecule has 0 aromatic heterocycles. The van der Waals surface area contributed by atoms with Crippen molar-refractivity contribution in [1.82, 2.24) is 14.7 Å². The zero-order chi connectivity index (χ0) is 22.8. The zero-order valence-corrected chi connectivity index (χ0v) is 19.0. The topological polar surface area (TPSA) is 70.2 Å². The Hall–Kier alpha value is -2.35. The highest BCUT2D eigenvalue weighted by atomic mass is 35.5. The molecule has 2 aliphatic heterocycles. The van der Waals surface area contributed by atoms with E-state index in [0.717, 1.165) is 18.9 Å². The lowest BCUT2D eigenvalue weighted by molar-refractivity contribution is -0.138. The van der Waals surface area contributed by atoms with Crippen molar-refractivity contribution in [2.75, 3.05) is 39.3 Å². The van der Waals surface area contributed by atoms with Crippen LogP contribution in [0.15, 0.2) is 18.2 Å². The largest absolute Gasteiger partial charge is 0.444 e.